The maximum atomic E-state index is 11.5. The summed E-state index contributed by atoms with van der Waals surface area (Å²) in [5, 5.41) is 0. The summed E-state index contributed by atoms with van der Waals surface area (Å²) < 4.78 is 17.1. The van der Waals surface area contributed by atoms with Crippen LogP contribution in [0.2, 0.25) is 0 Å². The molecule has 3 rings (SSSR count). The van der Waals surface area contributed by atoms with Crippen LogP contribution in [0.1, 0.15) is 58.3 Å². The van der Waals surface area contributed by atoms with E-state index in [9.17, 15) is 4.79 Å². The van der Waals surface area contributed by atoms with Crippen molar-refractivity contribution in [2.45, 2.75) is 59.2 Å². The molecule has 2 N–H and O–H groups in total. The molecule has 6 nitrogen and oxygen atoms in total. The summed E-state index contributed by atoms with van der Waals surface area (Å²) in [5.74, 6) is 1.26. The number of ether oxygens (including phenoxy) is 3. The molecule has 0 fully saturated rings. The van der Waals surface area contributed by atoms with Gasteiger partial charge in [0, 0.05) is 23.2 Å². The van der Waals surface area contributed by atoms with E-state index in [1.165, 1.54) is 0 Å². The number of benzene rings is 1. The second-order valence-corrected chi connectivity index (χ2v) is 9.15. The van der Waals surface area contributed by atoms with Gasteiger partial charge in [-0.25, -0.2) is 9.78 Å². The van der Waals surface area contributed by atoms with Gasteiger partial charge in [0.15, 0.2) is 0 Å². The van der Waals surface area contributed by atoms with Gasteiger partial charge < -0.3 is 19.9 Å². The number of hydrogen-bond donors (Lipinski definition) is 1. The average molecular weight is 399 g/mol. The van der Waals surface area contributed by atoms with Gasteiger partial charge in [-0.15, -0.1) is 0 Å². The van der Waals surface area contributed by atoms with Crippen LogP contribution >= 0.6 is 0 Å². The van der Waals surface area contributed by atoms with Crippen LogP contribution in [0.25, 0.3) is 11.1 Å². The van der Waals surface area contributed by atoms with Crippen LogP contribution in [0.15, 0.2) is 30.5 Å². The molecule has 1 aliphatic rings. The van der Waals surface area contributed by atoms with Crippen molar-refractivity contribution < 1.29 is 19.0 Å². The zero-order valence-electron chi connectivity index (χ0n) is 18.0. The van der Waals surface area contributed by atoms with Crippen molar-refractivity contribution in [3.63, 3.8) is 0 Å². The molecule has 1 amide bonds. The molecule has 1 atom stereocenters. The van der Waals surface area contributed by atoms with Crippen molar-refractivity contribution in [3.8, 4) is 22.8 Å². The van der Waals surface area contributed by atoms with Crippen molar-refractivity contribution in [3.05, 3.63) is 41.6 Å². The number of pyridine rings is 1. The van der Waals surface area contributed by atoms with Gasteiger partial charge in [0.05, 0.1) is 7.11 Å². The van der Waals surface area contributed by atoms with Crippen molar-refractivity contribution in [1.29, 1.82) is 0 Å². The van der Waals surface area contributed by atoms with Crippen molar-refractivity contribution in [2.75, 3.05) is 7.11 Å². The molecule has 0 spiro atoms. The molecule has 1 unspecified atom stereocenters. The highest BCUT2D eigenvalue weighted by Gasteiger charge is 2.39. The fraction of sp³-hybridized carbons (Fsp3) is 0.478. The molecule has 0 bridgehead atoms. The number of fused-ring (bicyclic) bond motifs is 1. The molecular formula is C23H30N2O4. The van der Waals surface area contributed by atoms with Crippen LogP contribution in [0, 0.1) is 5.41 Å². The Labute approximate surface area is 172 Å². The number of aryl methyl sites for hydroxylation is 1. The average Bonchev–Trinajstić information content (AvgIpc) is 2.62. The second kappa shape index (κ2) is 7.58. The number of aromatic nitrogens is 1. The van der Waals surface area contributed by atoms with E-state index < -0.39 is 12.2 Å². The van der Waals surface area contributed by atoms with Crippen molar-refractivity contribution >= 4 is 6.09 Å². The summed E-state index contributed by atoms with van der Waals surface area (Å²) >= 11 is 0. The van der Waals surface area contributed by atoms with Crippen molar-refractivity contribution in [1.82, 2.24) is 4.98 Å². The smallest absolute Gasteiger partial charge is 0.405 e. The molecule has 29 heavy (non-hydrogen) atoms. The molecule has 1 heterocycles. The molecule has 1 aromatic heterocycles. The fourth-order valence-corrected chi connectivity index (χ4v) is 3.79. The van der Waals surface area contributed by atoms with Crippen LogP contribution in [0.5, 0.6) is 11.6 Å². The molecule has 0 saturated carbocycles. The molecule has 1 aliphatic carbocycles. The maximum absolute atomic E-state index is 11.5. The summed E-state index contributed by atoms with van der Waals surface area (Å²) in [7, 11) is 1.64. The Morgan fingerprint density at radius 2 is 1.97 bits per heavy atom. The van der Waals surface area contributed by atoms with Crippen LogP contribution in [0.4, 0.5) is 4.79 Å². The first-order valence-electron chi connectivity index (χ1n) is 9.82. The lowest BCUT2D eigenvalue weighted by Crippen LogP contribution is -2.33. The molecule has 156 valence electrons. The van der Waals surface area contributed by atoms with E-state index >= 15 is 0 Å². The predicted octanol–water partition coefficient (Wildman–Crippen LogP) is 5.04. The zero-order chi connectivity index (χ0) is 21.4. The fourth-order valence-electron chi connectivity index (χ4n) is 3.79. The van der Waals surface area contributed by atoms with Gasteiger partial charge in [-0.3, -0.25) is 0 Å². The molecule has 0 saturated heterocycles. The lowest BCUT2D eigenvalue weighted by molar-refractivity contribution is 0.0145. The van der Waals surface area contributed by atoms with Gasteiger partial charge in [0.2, 0.25) is 5.88 Å². The second-order valence-electron chi connectivity index (χ2n) is 9.15. The first-order chi connectivity index (χ1) is 13.5. The number of nitrogens with two attached hydrogens (primary N) is 1. The predicted molar refractivity (Wildman–Crippen MR) is 112 cm³/mol. The van der Waals surface area contributed by atoms with Gasteiger partial charge in [-0.05, 0) is 68.5 Å². The highest BCUT2D eigenvalue weighted by Crippen LogP contribution is 2.48. The Bertz CT molecular complexity index is 916. The molecular weight excluding hydrogens is 368 g/mol. The highest BCUT2D eigenvalue weighted by atomic mass is 16.6. The lowest BCUT2D eigenvalue weighted by Gasteiger charge is -2.39. The summed E-state index contributed by atoms with van der Waals surface area (Å²) in [6.07, 6.45) is 2.32. The van der Waals surface area contributed by atoms with Gasteiger partial charge in [-0.2, -0.15) is 0 Å². The topological polar surface area (TPSA) is 83.7 Å². The van der Waals surface area contributed by atoms with Gasteiger partial charge in [-0.1, -0.05) is 13.8 Å². The Morgan fingerprint density at radius 1 is 1.24 bits per heavy atom. The number of hydrogen-bond acceptors (Lipinski definition) is 5. The third kappa shape index (κ3) is 4.63. The number of primary amides is 1. The number of carbonyl (C=O) groups is 1. The Balaban J connectivity index is 2.07. The summed E-state index contributed by atoms with van der Waals surface area (Å²) in [6, 6.07) is 7.92. The summed E-state index contributed by atoms with van der Waals surface area (Å²) in [5.41, 5.74) is 8.78. The summed E-state index contributed by atoms with van der Waals surface area (Å²) in [6.45, 7) is 10.1. The molecule has 1 aromatic carbocycles. The minimum atomic E-state index is -0.767. The minimum Gasteiger partial charge on any atom is -0.496 e. The SMILES string of the molecule is COc1cc2c(cc1-c1ccnc(OC(C)(C)C)c1)CCC(C)(C)C2OC(N)=O. The number of methoxy groups -OCH3 is 1. The Kier molecular flexibility index (Phi) is 5.48. The number of rotatable bonds is 4. The monoisotopic (exact) mass is 398 g/mol. The van der Waals surface area contributed by atoms with Gasteiger partial charge >= 0.3 is 6.09 Å². The number of nitrogens with zero attached hydrogens (tertiary/aromatic N) is 1. The van der Waals surface area contributed by atoms with E-state index in [0.717, 1.165) is 35.1 Å². The normalized spacial score (nSPS) is 17.9. The Hall–Kier alpha value is -2.76. The van der Waals surface area contributed by atoms with Crippen LogP contribution < -0.4 is 15.2 Å². The van der Waals surface area contributed by atoms with Crippen LogP contribution in [-0.4, -0.2) is 23.8 Å². The van der Waals surface area contributed by atoms with Crippen LogP contribution in [-0.2, 0) is 11.2 Å². The zero-order valence-corrected chi connectivity index (χ0v) is 18.0. The van der Waals surface area contributed by atoms with E-state index in [4.69, 9.17) is 19.9 Å². The van der Waals surface area contributed by atoms with Crippen LogP contribution in [0.3, 0.4) is 0 Å². The molecule has 2 aromatic rings. The first kappa shape index (κ1) is 21.0. The first-order valence-corrected chi connectivity index (χ1v) is 9.82. The standard InChI is InChI=1S/C23H30N2O4/c1-22(2,3)29-19-12-15(8-10-25-19)16-11-14-7-9-23(4,5)20(28-21(24)26)17(14)13-18(16)27-6/h8,10-13,20H,7,9H2,1-6H3,(H2,24,26). The van der Waals surface area contributed by atoms with E-state index in [1.54, 1.807) is 13.3 Å². The minimum absolute atomic E-state index is 0.209. The van der Waals surface area contributed by atoms with E-state index in [2.05, 4.69) is 24.9 Å². The van der Waals surface area contributed by atoms with Gasteiger partial charge in [0.1, 0.15) is 17.5 Å². The lowest BCUT2D eigenvalue weighted by atomic mass is 9.71. The third-order valence-electron chi connectivity index (χ3n) is 5.18. The quantitative estimate of drug-likeness (QED) is 0.780. The van der Waals surface area contributed by atoms with E-state index in [-0.39, 0.29) is 11.0 Å². The number of amides is 1. The highest BCUT2D eigenvalue weighted by molar-refractivity contribution is 5.73. The molecule has 0 aliphatic heterocycles. The van der Waals surface area contributed by atoms with E-state index in [1.807, 2.05) is 39.0 Å². The molecule has 0 radical (unpaired) electrons. The van der Waals surface area contributed by atoms with E-state index in [0.29, 0.717) is 11.6 Å². The maximum Gasteiger partial charge on any atom is 0.405 e. The number of carbonyl (C=O) groups excluding carboxylic acids is 1. The molecule has 6 heteroatoms. The largest absolute Gasteiger partial charge is 0.496 e. The Morgan fingerprint density at radius 3 is 2.59 bits per heavy atom. The van der Waals surface area contributed by atoms with Crippen molar-refractivity contribution in [2.24, 2.45) is 11.1 Å². The summed E-state index contributed by atoms with van der Waals surface area (Å²) in [4.78, 5) is 15.8. The third-order valence-corrected chi connectivity index (χ3v) is 5.18. The van der Waals surface area contributed by atoms with Gasteiger partial charge in [0.25, 0.3) is 0 Å².